The standard InChI is InChI=1S/C27H26FN3O3S/c1-2-30(26(32)24-15-9-10-16-25(24)28)19-23-17-29-27(31(23)18-21-11-5-3-6-12-21)35(33,34)20-22-13-7-4-8-14-22/h3-17H,2,18-20H2,1H3. The van der Waals surface area contributed by atoms with Gasteiger partial charge in [-0.3, -0.25) is 4.79 Å². The Hall–Kier alpha value is -3.78. The lowest BCUT2D eigenvalue weighted by atomic mass is 10.2. The second-order valence-electron chi connectivity index (χ2n) is 8.15. The van der Waals surface area contributed by atoms with Gasteiger partial charge in [0, 0.05) is 6.54 Å². The van der Waals surface area contributed by atoms with Crippen molar-refractivity contribution in [3.05, 3.63) is 119 Å². The van der Waals surface area contributed by atoms with E-state index in [9.17, 15) is 17.6 Å². The Kier molecular flexibility index (Phi) is 7.41. The van der Waals surface area contributed by atoms with Crippen molar-refractivity contribution in [3.8, 4) is 0 Å². The number of halogens is 1. The second kappa shape index (κ2) is 10.7. The zero-order valence-electron chi connectivity index (χ0n) is 19.3. The van der Waals surface area contributed by atoms with Gasteiger partial charge in [-0.2, -0.15) is 0 Å². The molecule has 4 rings (SSSR count). The summed E-state index contributed by atoms with van der Waals surface area (Å²) in [4.78, 5) is 18.8. The summed E-state index contributed by atoms with van der Waals surface area (Å²) >= 11 is 0. The molecule has 0 atom stereocenters. The average molecular weight is 492 g/mol. The van der Waals surface area contributed by atoms with Crippen LogP contribution < -0.4 is 0 Å². The van der Waals surface area contributed by atoms with Crippen molar-refractivity contribution in [2.45, 2.75) is 30.9 Å². The van der Waals surface area contributed by atoms with E-state index in [0.29, 0.717) is 17.8 Å². The second-order valence-corrected chi connectivity index (χ2v) is 10.0. The Labute approximate surface area is 204 Å². The lowest BCUT2D eigenvalue weighted by Gasteiger charge is -2.22. The van der Waals surface area contributed by atoms with E-state index >= 15 is 0 Å². The highest BCUT2D eigenvalue weighted by Gasteiger charge is 2.26. The van der Waals surface area contributed by atoms with Gasteiger partial charge in [0.1, 0.15) is 5.82 Å². The van der Waals surface area contributed by atoms with E-state index in [2.05, 4.69) is 4.98 Å². The van der Waals surface area contributed by atoms with E-state index < -0.39 is 21.6 Å². The van der Waals surface area contributed by atoms with Crippen LogP contribution in [-0.4, -0.2) is 35.3 Å². The minimum Gasteiger partial charge on any atom is -0.333 e. The van der Waals surface area contributed by atoms with Crippen molar-refractivity contribution in [3.63, 3.8) is 0 Å². The smallest absolute Gasteiger partial charge is 0.257 e. The molecule has 0 fully saturated rings. The lowest BCUT2D eigenvalue weighted by Crippen LogP contribution is -2.32. The molecule has 0 aliphatic carbocycles. The van der Waals surface area contributed by atoms with Gasteiger partial charge in [0.2, 0.25) is 15.0 Å². The van der Waals surface area contributed by atoms with Crippen LogP contribution in [0, 0.1) is 5.82 Å². The summed E-state index contributed by atoms with van der Waals surface area (Å²) in [5, 5.41) is -0.0606. The fourth-order valence-corrected chi connectivity index (χ4v) is 5.38. The van der Waals surface area contributed by atoms with Crippen molar-refractivity contribution >= 4 is 15.7 Å². The SMILES string of the molecule is CCN(Cc1cnc(S(=O)(=O)Cc2ccccc2)n1Cc1ccccc1)C(=O)c1ccccc1F. The number of carbonyl (C=O) groups excluding carboxylic acids is 1. The molecule has 8 heteroatoms. The van der Waals surface area contributed by atoms with E-state index in [-0.39, 0.29) is 29.6 Å². The maximum Gasteiger partial charge on any atom is 0.257 e. The number of aromatic nitrogens is 2. The van der Waals surface area contributed by atoms with Gasteiger partial charge in [-0.15, -0.1) is 0 Å². The van der Waals surface area contributed by atoms with Gasteiger partial charge in [0.25, 0.3) is 5.91 Å². The first kappa shape index (κ1) is 24.3. The van der Waals surface area contributed by atoms with Gasteiger partial charge in [-0.05, 0) is 30.2 Å². The normalized spacial score (nSPS) is 11.4. The average Bonchev–Trinajstić information content (AvgIpc) is 3.26. The van der Waals surface area contributed by atoms with E-state index in [0.717, 1.165) is 5.56 Å². The number of carbonyl (C=O) groups is 1. The summed E-state index contributed by atoms with van der Waals surface area (Å²) in [6.07, 6.45) is 1.48. The first-order valence-corrected chi connectivity index (χ1v) is 12.9. The van der Waals surface area contributed by atoms with Gasteiger partial charge in [-0.25, -0.2) is 17.8 Å². The monoisotopic (exact) mass is 491 g/mol. The maximum absolute atomic E-state index is 14.3. The number of rotatable bonds is 9. The Morgan fingerprint density at radius 3 is 2.14 bits per heavy atom. The highest BCUT2D eigenvalue weighted by atomic mass is 32.2. The predicted octanol–water partition coefficient (Wildman–Crippen LogP) is 4.71. The van der Waals surface area contributed by atoms with Gasteiger partial charge in [-0.1, -0.05) is 72.8 Å². The number of hydrogen-bond acceptors (Lipinski definition) is 4. The van der Waals surface area contributed by atoms with Crippen molar-refractivity contribution in [2.75, 3.05) is 6.54 Å². The van der Waals surface area contributed by atoms with Crippen molar-refractivity contribution < 1.29 is 17.6 Å². The third-order valence-electron chi connectivity index (χ3n) is 5.69. The molecular weight excluding hydrogens is 465 g/mol. The summed E-state index contributed by atoms with van der Waals surface area (Å²) < 4.78 is 42.6. The van der Waals surface area contributed by atoms with E-state index in [1.165, 1.54) is 29.3 Å². The molecule has 1 heterocycles. The van der Waals surface area contributed by atoms with Crippen molar-refractivity contribution in [1.29, 1.82) is 0 Å². The van der Waals surface area contributed by atoms with Crippen LogP contribution in [0.5, 0.6) is 0 Å². The predicted molar refractivity (Wildman–Crippen MR) is 132 cm³/mol. The van der Waals surface area contributed by atoms with E-state index in [1.54, 1.807) is 41.8 Å². The molecular formula is C27H26FN3O3S. The Bertz CT molecular complexity index is 1400. The Balaban J connectivity index is 1.70. The van der Waals surface area contributed by atoms with Crippen LogP contribution in [0.2, 0.25) is 0 Å². The molecule has 6 nitrogen and oxygen atoms in total. The lowest BCUT2D eigenvalue weighted by molar-refractivity contribution is 0.0744. The van der Waals surface area contributed by atoms with E-state index in [1.807, 2.05) is 36.4 Å². The maximum atomic E-state index is 14.3. The van der Waals surface area contributed by atoms with Crippen molar-refractivity contribution in [1.82, 2.24) is 14.5 Å². The molecule has 35 heavy (non-hydrogen) atoms. The summed E-state index contributed by atoms with van der Waals surface area (Å²) in [6, 6.07) is 24.2. The summed E-state index contributed by atoms with van der Waals surface area (Å²) in [5.41, 5.74) is 2.08. The molecule has 1 amide bonds. The molecule has 0 radical (unpaired) electrons. The number of amides is 1. The molecule has 0 aliphatic rings. The molecule has 1 aromatic heterocycles. The summed E-state index contributed by atoms with van der Waals surface area (Å²) in [7, 11) is -3.78. The number of hydrogen-bond donors (Lipinski definition) is 0. The minimum atomic E-state index is -3.78. The number of nitrogens with zero attached hydrogens (tertiary/aromatic N) is 3. The fourth-order valence-electron chi connectivity index (χ4n) is 3.89. The Morgan fingerprint density at radius 1 is 0.914 bits per heavy atom. The summed E-state index contributed by atoms with van der Waals surface area (Å²) in [6.45, 7) is 2.47. The molecule has 0 bridgehead atoms. The number of benzene rings is 3. The largest absolute Gasteiger partial charge is 0.333 e. The van der Waals surface area contributed by atoms with Crippen LogP contribution >= 0.6 is 0 Å². The van der Waals surface area contributed by atoms with Crippen LogP contribution in [-0.2, 0) is 28.7 Å². The van der Waals surface area contributed by atoms with E-state index in [4.69, 9.17) is 0 Å². The molecule has 0 aliphatic heterocycles. The Morgan fingerprint density at radius 2 is 1.51 bits per heavy atom. The molecule has 0 saturated heterocycles. The third-order valence-corrected chi connectivity index (χ3v) is 7.28. The number of sulfone groups is 1. The van der Waals surface area contributed by atoms with Gasteiger partial charge >= 0.3 is 0 Å². The zero-order valence-corrected chi connectivity index (χ0v) is 20.2. The van der Waals surface area contributed by atoms with Crippen LogP contribution in [0.25, 0.3) is 0 Å². The van der Waals surface area contributed by atoms with Crippen LogP contribution in [0.1, 0.15) is 34.1 Å². The first-order valence-electron chi connectivity index (χ1n) is 11.3. The molecule has 0 unspecified atom stereocenters. The molecule has 0 N–H and O–H groups in total. The summed E-state index contributed by atoms with van der Waals surface area (Å²) in [5.74, 6) is -1.25. The highest BCUT2D eigenvalue weighted by molar-refractivity contribution is 7.90. The minimum absolute atomic E-state index is 0.0274. The molecule has 180 valence electrons. The zero-order chi connectivity index (χ0) is 24.8. The fraction of sp³-hybridized carbons (Fsp3) is 0.185. The van der Waals surface area contributed by atoms with Crippen LogP contribution in [0.15, 0.2) is 96.3 Å². The van der Waals surface area contributed by atoms with Gasteiger partial charge < -0.3 is 9.47 Å². The highest BCUT2D eigenvalue weighted by Crippen LogP contribution is 2.21. The number of imidazole rings is 1. The molecule has 4 aromatic rings. The molecule has 0 spiro atoms. The third kappa shape index (κ3) is 5.66. The van der Waals surface area contributed by atoms with Crippen LogP contribution in [0.4, 0.5) is 4.39 Å². The van der Waals surface area contributed by atoms with Gasteiger partial charge in [0.05, 0.1) is 36.3 Å². The molecule has 3 aromatic carbocycles. The van der Waals surface area contributed by atoms with Crippen LogP contribution in [0.3, 0.4) is 0 Å². The van der Waals surface area contributed by atoms with Gasteiger partial charge in [0.15, 0.2) is 0 Å². The quantitative estimate of drug-likeness (QED) is 0.340. The van der Waals surface area contributed by atoms with Crippen molar-refractivity contribution in [2.24, 2.45) is 0 Å². The molecule has 0 saturated carbocycles. The first-order chi connectivity index (χ1) is 16.9. The topological polar surface area (TPSA) is 72.3 Å².